The summed E-state index contributed by atoms with van der Waals surface area (Å²) in [6, 6.07) is 2.08. The highest BCUT2D eigenvalue weighted by atomic mass is 16.6. The van der Waals surface area contributed by atoms with Crippen molar-refractivity contribution >= 4 is 24.6 Å². The van der Waals surface area contributed by atoms with Gasteiger partial charge in [-0.25, -0.2) is 9.50 Å². The number of rotatable bonds is 14. The van der Waals surface area contributed by atoms with E-state index < -0.39 is 5.60 Å². The van der Waals surface area contributed by atoms with E-state index in [-0.39, 0.29) is 18.3 Å². The van der Waals surface area contributed by atoms with Crippen molar-refractivity contribution in [2.75, 3.05) is 32.2 Å². The van der Waals surface area contributed by atoms with Crippen LogP contribution >= 0.6 is 0 Å². The molecule has 1 saturated heterocycles. The lowest BCUT2D eigenvalue weighted by atomic mass is 9.89. The molecule has 0 bridgehead atoms. The van der Waals surface area contributed by atoms with Gasteiger partial charge in [0.05, 0.1) is 12.3 Å². The predicted molar refractivity (Wildman–Crippen MR) is 133 cm³/mol. The number of fused-ring (bicyclic) bond motifs is 1. The van der Waals surface area contributed by atoms with Crippen LogP contribution in [0.1, 0.15) is 78.0 Å². The maximum Gasteiger partial charge on any atom is 0.150 e. The molecule has 3 heterocycles. The van der Waals surface area contributed by atoms with E-state index in [0.29, 0.717) is 32.2 Å². The summed E-state index contributed by atoms with van der Waals surface area (Å²) in [6.45, 7) is 11.1. The number of anilines is 1. The van der Waals surface area contributed by atoms with Crippen molar-refractivity contribution in [2.24, 2.45) is 0 Å². The fraction of sp³-hybridized carbons (Fsp3) is 0.750. The Bertz CT molecular complexity index is 880. The lowest BCUT2D eigenvalue weighted by molar-refractivity contribution is -0.138. The quantitative estimate of drug-likeness (QED) is 0.342. The van der Waals surface area contributed by atoms with Crippen LogP contribution in [0.25, 0.3) is 5.52 Å². The van der Waals surface area contributed by atoms with Gasteiger partial charge in [-0.3, -0.25) is 0 Å². The van der Waals surface area contributed by atoms with Gasteiger partial charge in [0.25, 0.3) is 0 Å². The topological polar surface area (TPSA) is 93.1 Å². The Hall–Kier alpha value is -1.68. The highest BCUT2D eigenvalue weighted by Gasteiger charge is 2.57. The van der Waals surface area contributed by atoms with Crippen molar-refractivity contribution in [3.63, 3.8) is 0 Å². The first-order chi connectivity index (χ1) is 16.0. The Morgan fingerprint density at radius 1 is 1.12 bits per heavy atom. The van der Waals surface area contributed by atoms with Crippen molar-refractivity contribution in [1.29, 1.82) is 0 Å². The van der Waals surface area contributed by atoms with Gasteiger partial charge in [0.1, 0.15) is 43.6 Å². The first-order valence-electron chi connectivity index (χ1n) is 12.5. The average Bonchev–Trinajstić information content (AvgIpc) is 3.27. The molecule has 33 heavy (non-hydrogen) atoms. The monoisotopic (exact) mass is 460 g/mol. The zero-order chi connectivity index (χ0) is 23.8. The normalized spacial score (nSPS) is 25.3. The van der Waals surface area contributed by atoms with Crippen molar-refractivity contribution in [2.45, 2.75) is 90.1 Å². The van der Waals surface area contributed by atoms with E-state index in [1.807, 2.05) is 12.4 Å². The molecular formula is C24H41BN4O4. The molecule has 1 aliphatic rings. The summed E-state index contributed by atoms with van der Waals surface area (Å²) in [5, 5.41) is 4.50. The lowest BCUT2D eigenvalue weighted by Crippen LogP contribution is -2.48. The highest BCUT2D eigenvalue weighted by molar-refractivity contribution is 6.37. The van der Waals surface area contributed by atoms with Crippen LogP contribution in [0, 0.1) is 0 Å². The Morgan fingerprint density at radius 2 is 1.82 bits per heavy atom. The molecule has 8 nitrogen and oxygen atoms in total. The summed E-state index contributed by atoms with van der Waals surface area (Å²) in [4.78, 5) is 4.17. The van der Waals surface area contributed by atoms with Crippen LogP contribution in [0.2, 0.25) is 0 Å². The molecule has 0 aliphatic carbocycles. The minimum absolute atomic E-state index is 0.236. The molecule has 184 valence electrons. The molecule has 4 atom stereocenters. The molecule has 0 spiro atoms. The maximum absolute atomic E-state index is 6.68. The molecule has 2 aromatic rings. The number of ether oxygens (including phenoxy) is 4. The van der Waals surface area contributed by atoms with Crippen LogP contribution in [0.15, 0.2) is 12.4 Å². The molecule has 0 unspecified atom stereocenters. The standard InChI is InChI=1S/C24H41BN4O4/c1-5-8-11-30-15-19-22(31-12-9-6-2)24(4,32-13-10-7-3)21(33-19)18-14-17(25)20-23(26)27-16-28-29(18)20/h14,16,19,21-22H,5-13,15,25H2,1-4H3,(H2,26,27,28)/t19-,21+,22-,24+/m1/s1. The van der Waals surface area contributed by atoms with Crippen LogP contribution < -0.4 is 11.2 Å². The highest BCUT2D eigenvalue weighted by Crippen LogP contribution is 2.46. The largest absolute Gasteiger partial charge is 0.382 e. The van der Waals surface area contributed by atoms with E-state index in [2.05, 4.69) is 43.8 Å². The molecule has 0 saturated carbocycles. The number of hydrogen-bond donors (Lipinski definition) is 1. The smallest absolute Gasteiger partial charge is 0.150 e. The fourth-order valence-electron chi connectivity index (χ4n) is 4.53. The van der Waals surface area contributed by atoms with E-state index >= 15 is 0 Å². The van der Waals surface area contributed by atoms with Gasteiger partial charge in [-0.1, -0.05) is 45.5 Å². The number of nitrogens with zero attached hydrogens (tertiary/aromatic N) is 3. The second kappa shape index (κ2) is 12.2. The zero-order valence-corrected chi connectivity index (χ0v) is 21.0. The first-order valence-corrected chi connectivity index (χ1v) is 12.5. The van der Waals surface area contributed by atoms with Gasteiger partial charge in [0.2, 0.25) is 0 Å². The molecule has 2 aromatic heterocycles. The number of nitrogen functional groups attached to an aromatic ring is 1. The third kappa shape index (κ3) is 5.70. The zero-order valence-electron chi connectivity index (χ0n) is 21.0. The Morgan fingerprint density at radius 3 is 2.55 bits per heavy atom. The second-order valence-corrected chi connectivity index (χ2v) is 9.17. The van der Waals surface area contributed by atoms with Crippen molar-refractivity contribution in [3.8, 4) is 0 Å². The van der Waals surface area contributed by atoms with Gasteiger partial charge < -0.3 is 24.7 Å². The van der Waals surface area contributed by atoms with E-state index in [1.54, 1.807) is 0 Å². The molecule has 1 fully saturated rings. The minimum Gasteiger partial charge on any atom is -0.382 e. The molecule has 9 heteroatoms. The second-order valence-electron chi connectivity index (χ2n) is 9.17. The van der Waals surface area contributed by atoms with Crippen molar-refractivity contribution in [1.82, 2.24) is 14.6 Å². The summed E-state index contributed by atoms with van der Waals surface area (Å²) >= 11 is 0. The minimum atomic E-state index is -0.692. The van der Waals surface area contributed by atoms with Gasteiger partial charge in [-0.05, 0) is 32.3 Å². The van der Waals surface area contributed by atoms with Gasteiger partial charge in [-0.15, -0.1) is 0 Å². The van der Waals surface area contributed by atoms with Crippen LogP contribution in [-0.4, -0.2) is 66.7 Å². The summed E-state index contributed by atoms with van der Waals surface area (Å²) in [5.41, 5.74) is 8.19. The SMILES string of the molecule is Bc1cc([C@@H]2O[C@H](COCCCC)[C@@H](OCCCC)[C@@]2(C)OCCCC)n2ncnc(N)c12. The molecule has 0 aromatic carbocycles. The van der Waals surface area contributed by atoms with E-state index in [9.17, 15) is 0 Å². The van der Waals surface area contributed by atoms with Crippen LogP contribution in [0.4, 0.5) is 5.82 Å². The Kier molecular flexibility index (Phi) is 9.55. The number of unbranched alkanes of at least 4 members (excludes halogenated alkanes) is 3. The summed E-state index contributed by atoms with van der Waals surface area (Å²) < 4.78 is 27.6. The molecule has 1 aliphatic heterocycles. The number of hydrogen-bond acceptors (Lipinski definition) is 7. The average molecular weight is 460 g/mol. The number of aromatic nitrogens is 3. The van der Waals surface area contributed by atoms with E-state index in [1.165, 1.54) is 6.33 Å². The van der Waals surface area contributed by atoms with E-state index in [0.717, 1.165) is 55.2 Å². The molecular weight excluding hydrogens is 419 g/mol. The molecule has 2 N–H and O–H groups in total. The lowest BCUT2D eigenvalue weighted by Gasteiger charge is -2.35. The third-order valence-electron chi connectivity index (χ3n) is 6.43. The van der Waals surface area contributed by atoms with E-state index in [4.69, 9.17) is 24.7 Å². The van der Waals surface area contributed by atoms with Crippen LogP contribution in [0.3, 0.4) is 0 Å². The third-order valence-corrected chi connectivity index (χ3v) is 6.43. The predicted octanol–water partition coefficient (Wildman–Crippen LogP) is 2.59. The Balaban J connectivity index is 1.98. The van der Waals surface area contributed by atoms with Gasteiger partial charge in [0.15, 0.2) is 5.82 Å². The van der Waals surface area contributed by atoms with Crippen LogP contribution in [0.5, 0.6) is 0 Å². The molecule has 3 rings (SSSR count). The van der Waals surface area contributed by atoms with Crippen molar-refractivity contribution < 1.29 is 18.9 Å². The van der Waals surface area contributed by atoms with Crippen LogP contribution in [-0.2, 0) is 18.9 Å². The summed E-state index contributed by atoms with van der Waals surface area (Å²) in [6.07, 6.45) is 6.84. The first kappa shape index (κ1) is 25.9. The van der Waals surface area contributed by atoms with Gasteiger partial charge in [0, 0.05) is 19.8 Å². The maximum atomic E-state index is 6.68. The molecule has 0 amide bonds. The van der Waals surface area contributed by atoms with Gasteiger partial charge >= 0.3 is 0 Å². The van der Waals surface area contributed by atoms with Gasteiger partial charge in [-0.2, -0.15) is 5.10 Å². The van der Waals surface area contributed by atoms with Crippen molar-refractivity contribution in [3.05, 3.63) is 18.1 Å². The summed E-state index contributed by atoms with van der Waals surface area (Å²) in [7, 11) is 2.02. The Labute approximate surface area is 198 Å². The number of nitrogens with two attached hydrogens (primary N) is 1. The fourth-order valence-corrected chi connectivity index (χ4v) is 4.53. The molecule has 0 radical (unpaired) electrons. The summed E-state index contributed by atoms with van der Waals surface area (Å²) in [5.74, 6) is 0.454.